The van der Waals surface area contributed by atoms with Crippen molar-refractivity contribution in [2.75, 3.05) is 13.2 Å². The Morgan fingerprint density at radius 2 is 2.15 bits per heavy atom. The van der Waals surface area contributed by atoms with Crippen molar-refractivity contribution in [3.8, 4) is 0 Å². The molecule has 0 unspecified atom stereocenters. The minimum atomic E-state index is -0.504. The second kappa shape index (κ2) is 6.97. The van der Waals surface area contributed by atoms with E-state index >= 15 is 0 Å². The molecule has 2 rings (SSSR count). The minimum absolute atomic E-state index is 0.00642. The van der Waals surface area contributed by atoms with Crippen molar-refractivity contribution in [3.05, 3.63) is 39.9 Å². The van der Waals surface area contributed by atoms with E-state index in [4.69, 9.17) is 10.6 Å². The third-order valence-corrected chi connectivity index (χ3v) is 3.09. The summed E-state index contributed by atoms with van der Waals surface area (Å²) in [5.74, 6) is 4.75. The SMILES string of the molecule is CC.NNC(=O)CC1(c2cccc([N+](=O)[O-])c2)COC1. The zero-order chi connectivity index (χ0) is 15.2. The minimum Gasteiger partial charge on any atom is -0.379 e. The van der Waals surface area contributed by atoms with Gasteiger partial charge in [0.15, 0.2) is 0 Å². The molecule has 0 aliphatic carbocycles. The van der Waals surface area contributed by atoms with E-state index in [0.29, 0.717) is 13.2 Å². The number of hydrazine groups is 1. The van der Waals surface area contributed by atoms with Gasteiger partial charge in [-0.1, -0.05) is 26.0 Å². The summed E-state index contributed by atoms with van der Waals surface area (Å²) in [5.41, 5.74) is 2.30. The summed E-state index contributed by atoms with van der Waals surface area (Å²) in [6.07, 6.45) is 0.157. The number of rotatable bonds is 4. The predicted octanol–water partition coefficient (Wildman–Crippen LogP) is 1.27. The molecular weight excluding hydrogens is 262 g/mol. The van der Waals surface area contributed by atoms with E-state index in [2.05, 4.69) is 5.43 Å². The van der Waals surface area contributed by atoms with E-state index < -0.39 is 10.3 Å². The van der Waals surface area contributed by atoms with Crippen molar-refractivity contribution in [2.24, 2.45) is 5.84 Å². The molecule has 1 fully saturated rings. The highest BCUT2D eigenvalue weighted by molar-refractivity contribution is 5.77. The summed E-state index contributed by atoms with van der Waals surface area (Å²) < 4.78 is 5.15. The van der Waals surface area contributed by atoms with E-state index in [1.807, 2.05) is 13.8 Å². The van der Waals surface area contributed by atoms with E-state index in [0.717, 1.165) is 5.56 Å². The molecule has 0 radical (unpaired) electrons. The summed E-state index contributed by atoms with van der Waals surface area (Å²) in [4.78, 5) is 21.7. The van der Waals surface area contributed by atoms with Crippen LogP contribution in [0, 0.1) is 10.1 Å². The Hall–Kier alpha value is -1.99. The van der Waals surface area contributed by atoms with Gasteiger partial charge in [-0.05, 0) is 5.56 Å². The molecule has 1 heterocycles. The summed E-state index contributed by atoms with van der Waals surface area (Å²) in [6.45, 7) is 4.73. The third-order valence-electron chi connectivity index (χ3n) is 3.09. The second-order valence-electron chi connectivity index (χ2n) is 4.32. The average Bonchev–Trinajstić information content (AvgIpc) is 2.44. The number of nitrogens with two attached hydrogens (primary N) is 1. The molecule has 0 saturated carbocycles. The fourth-order valence-corrected chi connectivity index (χ4v) is 2.03. The quantitative estimate of drug-likeness (QED) is 0.374. The van der Waals surface area contributed by atoms with Gasteiger partial charge in [0.25, 0.3) is 5.69 Å². The van der Waals surface area contributed by atoms with Gasteiger partial charge in [-0.3, -0.25) is 20.3 Å². The standard InChI is InChI=1S/C11H13N3O4.C2H6/c12-13-10(15)5-11(6-18-7-11)8-2-1-3-9(4-8)14(16)17;1-2/h1-4H,5-7,12H2,(H,13,15);1-2H3. The number of nitrogens with zero attached hydrogens (tertiary/aromatic N) is 1. The highest BCUT2D eigenvalue weighted by Crippen LogP contribution is 2.37. The van der Waals surface area contributed by atoms with Crippen molar-refractivity contribution in [1.29, 1.82) is 0 Å². The number of nitro benzene ring substituents is 1. The Balaban J connectivity index is 0.000000956. The summed E-state index contributed by atoms with van der Waals surface area (Å²) >= 11 is 0. The van der Waals surface area contributed by atoms with Crippen LogP contribution < -0.4 is 11.3 Å². The van der Waals surface area contributed by atoms with Crippen LogP contribution in [-0.2, 0) is 14.9 Å². The molecule has 3 N–H and O–H groups in total. The molecule has 0 spiro atoms. The number of benzene rings is 1. The summed E-state index contributed by atoms with van der Waals surface area (Å²) in [7, 11) is 0. The zero-order valence-electron chi connectivity index (χ0n) is 11.6. The van der Waals surface area contributed by atoms with Crippen molar-refractivity contribution >= 4 is 11.6 Å². The van der Waals surface area contributed by atoms with Gasteiger partial charge in [0.1, 0.15) is 0 Å². The molecule has 0 bridgehead atoms. The van der Waals surface area contributed by atoms with E-state index in [1.54, 1.807) is 12.1 Å². The average molecular weight is 281 g/mol. The molecule has 20 heavy (non-hydrogen) atoms. The highest BCUT2D eigenvalue weighted by Gasteiger charge is 2.42. The van der Waals surface area contributed by atoms with Crippen LogP contribution in [0.3, 0.4) is 0 Å². The fraction of sp³-hybridized carbons (Fsp3) is 0.462. The molecule has 1 aliphatic rings. The number of nitrogens with one attached hydrogen (secondary N) is 1. The summed E-state index contributed by atoms with van der Waals surface area (Å²) in [5, 5.41) is 10.7. The first-order valence-corrected chi connectivity index (χ1v) is 6.39. The first kappa shape index (κ1) is 16.1. The van der Waals surface area contributed by atoms with Crippen LogP contribution in [0.1, 0.15) is 25.8 Å². The number of carbonyl (C=O) groups excluding carboxylic acids is 1. The van der Waals surface area contributed by atoms with Crippen LogP contribution in [0.25, 0.3) is 0 Å². The van der Waals surface area contributed by atoms with Gasteiger partial charge in [-0.2, -0.15) is 0 Å². The van der Waals surface area contributed by atoms with Gasteiger partial charge in [0.2, 0.25) is 5.91 Å². The Morgan fingerprint density at radius 3 is 2.60 bits per heavy atom. The monoisotopic (exact) mass is 281 g/mol. The molecule has 1 aromatic rings. The number of hydrogen-bond acceptors (Lipinski definition) is 5. The lowest BCUT2D eigenvalue weighted by Gasteiger charge is -2.41. The number of hydrogen-bond donors (Lipinski definition) is 2. The van der Waals surface area contributed by atoms with E-state index in [-0.39, 0.29) is 18.0 Å². The van der Waals surface area contributed by atoms with Crippen molar-refractivity contribution in [2.45, 2.75) is 25.7 Å². The lowest BCUT2D eigenvalue weighted by molar-refractivity contribution is -0.385. The van der Waals surface area contributed by atoms with Crippen LogP contribution in [-0.4, -0.2) is 24.0 Å². The molecule has 1 aromatic carbocycles. The molecule has 0 atom stereocenters. The lowest BCUT2D eigenvalue weighted by Crippen LogP contribution is -2.50. The van der Waals surface area contributed by atoms with E-state index in [1.165, 1.54) is 12.1 Å². The largest absolute Gasteiger partial charge is 0.379 e. The van der Waals surface area contributed by atoms with Crippen LogP contribution in [0.2, 0.25) is 0 Å². The lowest BCUT2D eigenvalue weighted by atomic mass is 9.75. The number of ether oxygens (including phenoxy) is 1. The van der Waals surface area contributed by atoms with Crippen molar-refractivity contribution in [1.82, 2.24) is 5.43 Å². The molecule has 1 amide bonds. The molecule has 7 nitrogen and oxygen atoms in total. The number of carbonyl (C=O) groups is 1. The van der Waals surface area contributed by atoms with Crippen LogP contribution in [0.15, 0.2) is 24.3 Å². The smallest absolute Gasteiger partial charge is 0.269 e. The first-order valence-electron chi connectivity index (χ1n) is 6.39. The predicted molar refractivity (Wildman–Crippen MR) is 73.9 cm³/mol. The molecule has 1 saturated heterocycles. The van der Waals surface area contributed by atoms with Crippen LogP contribution in [0.5, 0.6) is 0 Å². The van der Waals surface area contributed by atoms with Gasteiger partial charge in [0, 0.05) is 18.6 Å². The Labute approximate surface area is 117 Å². The molecule has 0 aromatic heterocycles. The van der Waals surface area contributed by atoms with Crippen LogP contribution >= 0.6 is 0 Å². The maximum Gasteiger partial charge on any atom is 0.269 e. The normalized spacial score (nSPS) is 15.3. The van der Waals surface area contributed by atoms with Gasteiger partial charge < -0.3 is 4.74 Å². The van der Waals surface area contributed by atoms with Gasteiger partial charge in [-0.25, -0.2) is 5.84 Å². The Kier molecular flexibility index (Phi) is 5.60. The fourth-order valence-electron chi connectivity index (χ4n) is 2.03. The topological polar surface area (TPSA) is 107 Å². The van der Waals surface area contributed by atoms with Gasteiger partial charge in [0.05, 0.1) is 23.6 Å². The molecule has 110 valence electrons. The highest BCUT2D eigenvalue weighted by atomic mass is 16.6. The molecule has 7 heteroatoms. The Bertz CT molecular complexity index is 486. The number of nitro groups is 1. The number of non-ortho nitro benzene ring substituents is 1. The third kappa shape index (κ3) is 3.31. The van der Waals surface area contributed by atoms with E-state index in [9.17, 15) is 14.9 Å². The summed E-state index contributed by atoms with van der Waals surface area (Å²) in [6, 6.07) is 6.26. The van der Waals surface area contributed by atoms with Crippen LogP contribution in [0.4, 0.5) is 5.69 Å². The van der Waals surface area contributed by atoms with Gasteiger partial charge >= 0.3 is 0 Å². The van der Waals surface area contributed by atoms with Crippen molar-refractivity contribution in [3.63, 3.8) is 0 Å². The second-order valence-corrected chi connectivity index (χ2v) is 4.32. The Morgan fingerprint density at radius 1 is 1.50 bits per heavy atom. The van der Waals surface area contributed by atoms with Gasteiger partial charge in [-0.15, -0.1) is 0 Å². The molecular formula is C13H19N3O4. The zero-order valence-corrected chi connectivity index (χ0v) is 11.6. The number of amides is 1. The van der Waals surface area contributed by atoms with Crippen molar-refractivity contribution < 1.29 is 14.5 Å². The maximum atomic E-state index is 11.4. The molecule has 1 aliphatic heterocycles. The maximum absolute atomic E-state index is 11.4. The first-order chi connectivity index (χ1) is 9.57.